The summed E-state index contributed by atoms with van der Waals surface area (Å²) in [5.74, 6) is 0.0598. The molecule has 0 bridgehead atoms. The molecule has 0 spiro atoms. The zero-order chi connectivity index (χ0) is 18.5. The second-order valence-electron chi connectivity index (χ2n) is 7.04. The van der Waals surface area contributed by atoms with Crippen LogP contribution in [0.4, 0.5) is 0 Å². The van der Waals surface area contributed by atoms with Crippen LogP contribution in [-0.4, -0.2) is 66.4 Å². The number of benzene rings is 1. The van der Waals surface area contributed by atoms with Crippen LogP contribution in [0.2, 0.25) is 0 Å². The van der Waals surface area contributed by atoms with Crippen molar-refractivity contribution in [3.05, 3.63) is 41.6 Å². The highest BCUT2D eigenvalue weighted by Gasteiger charge is 2.18. The molecule has 1 aliphatic rings. The highest BCUT2D eigenvalue weighted by molar-refractivity contribution is 6.06. The molecule has 3 rings (SSSR count). The molecule has 1 unspecified atom stereocenters. The van der Waals surface area contributed by atoms with Crippen molar-refractivity contribution in [3.8, 4) is 0 Å². The number of nitrogens with zero attached hydrogens (tertiary/aromatic N) is 2. The summed E-state index contributed by atoms with van der Waals surface area (Å²) in [6, 6.07) is 9.52. The SMILES string of the molecule is CC(C)c1cc(C(=O)NCC(O)CN2CCOCC2)c2ccccc2n1. The van der Waals surface area contributed by atoms with Gasteiger partial charge in [-0.15, -0.1) is 0 Å². The molecule has 1 aliphatic heterocycles. The van der Waals surface area contributed by atoms with E-state index in [1.165, 1.54) is 0 Å². The molecule has 2 heterocycles. The van der Waals surface area contributed by atoms with E-state index in [0.717, 1.165) is 29.7 Å². The standard InChI is InChI=1S/C20H27N3O3/c1-14(2)19-11-17(16-5-3-4-6-18(16)22-19)20(25)21-12-15(24)13-23-7-9-26-10-8-23/h3-6,11,14-15,24H,7-10,12-13H2,1-2H3,(H,21,25). The summed E-state index contributed by atoms with van der Waals surface area (Å²) in [6.45, 7) is 7.91. The third-order valence-corrected chi connectivity index (χ3v) is 4.64. The minimum atomic E-state index is -0.602. The minimum Gasteiger partial charge on any atom is -0.390 e. The highest BCUT2D eigenvalue weighted by Crippen LogP contribution is 2.22. The maximum absolute atomic E-state index is 12.7. The number of morpholine rings is 1. The normalized spacial score (nSPS) is 16.8. The average Bonchev–Trinajstić information content (AvgIpc) is 2.66. The Morgan fingerprint density at radius 1 is 1.31 bits per heavy atom. The summed E-state index contributed by atoms with van der Waals surface area (Å²) in [5.41, 5.74) is 2.32. The van der Waals surface area contributed by atoms with Crippen molar-refractivity contribution in [2.24, 2.45) is 0 Å². The molecule has 1 atom stereocenters. The lowest BCUT2D eigenvalue weighted by molar-refractivity contribution is 0.0149. The number of hydrogen-bond donors (Lipinski definition) is 2. The number of nitrogens with one attached hydrogen (secondary N) is 1. The van der Waals surface area contributed by atoms with Crippen LogP contribution in [0, 0.1) is 0 Å². The maximum Gasteiger partial charge on any atom is 0.252 e. The van der Waals surface area contributed by atoms with Gasteiger partial charge in [0.1, 0.15) is 0 Å². The van der Waals surface area contributed by atoms with E-state index in [0.29, 0.717) is 25.3 Å². The van der Waals surface area contributed by atoms with Crippen molar-refractivity contribution >= 4 is 16.8 Å². The van der Waals surface area contributed by atoms with E-state index >= 15 is 0 Å². The molecule has 0 aliphatic carbocycles. The van der Waals surface area contributed by atoms with Gasteiger partial charge in [-0.1, -0.05) is 32.0 Å². The van der Waals surface area contributed by atoms with Crippen LogP contribution in [-0.2, 0) is 4.74 Å². The van der Waals surface area contributed by atoms with Crippen molar-refractivity contribution in [1.82, 2.24) is 15.2 Å². The Morgan fingerprint density at radius 2 is 2.04 bits per heavy atom. The first kappa shape index (κ1) is 18.8. The number of fused-ring (bicyclic) bond motifs is 1. The number of ether oxygens (including phenoxy) is 1. The molecule has 1 saturated heterocycles. The number of β-amino-alcohol motifs (C(OH)–C–C–N with tert-alkyl or cyclic N) is 1. The first-order chi connectivity index (χ1) is 12.5. The van der Waals surface area contributed by atoms with Gasteiger partial charge < -0.3 is 15.2 Å². The van der Waals surface area contributed by atoms with Crippen LogP contribution >= 0.6 is 0 Å². The zero-order valence-electron chi connectivity index (χ0n) is 15.4. The van der Waals surface area contributed by atoms with Gasteiger partial charge in [0.05, 0.1) is 30.4 Å². The number of pyridine rings is 1. The number of amides is 1. The van der Waals surface area contributed by atoms with Gasteiger partial charge >= 0.3 is 0 Å². The molecule has 2 aromatic rings. The Kier molecular flexibility index (Phi) is 6.19. The molecule has 0 radical (unpaired) electrons. The van der Waals surface area contributed by atoms with E-state index in [1.54, 1.807) is 0 Å². The van der Waals surface area contributed by atoms with Crippen molar-refractivity contribution in [2.45, 2.75) is 25.9 Å². The Balaban J connectivity index is 1.68. The fraction of sp³-hybridized carbons (Fsp3) is 0.500. The largest absolute Gasteiger partial charge is 0.390 e. The van der Waals surface area contributed by atoms with E-state index in [4.69, 9.17) is 4.74 Å². The Bertz CT molecular complexity index is 757. The molecule has 1 aromatic heterocycles. The van der Waals surface area contributed by atoms with Gasteiger partial charge in [-0.3, -0.25) is 14.7 Å². The average molecular weight is 357 g/mol. The third-order valence-electron chi connectivity index (χ3n) is 4.64. The van der Waals surface area contributed by atoms with Crippen LogP contribution < -0.4 is 5.32 Å². The smallest absolute Gasteiger partial charge is 0.252 e. The Hall–Kier alpha value is -2.02. The van der Waals surface area contributed by atoms with Gasteiger partial charge in [-0.25, -0.2) is 0 Å². The summed E-state index contributed by atoms with van der Waals surface area (Å²) in [7, 11) is 0. The van der Waals surface area contributed by atoms with Gasteiger partial charge in [0.25, 0.3) is 5.91 Å². The second kappa shape index (κ2) is 8.58. The molecule has 26 heavy (non-hydrogen) atoms. The van der Waals surface area contributed by atoms with Crippen molar-refractivity contribution < 1.29 is 14.6 Å². The van der Waals surface area contributed by atoms with Crippen molar-refractivity contribution in [1.29, 1.82) is 0 Å². The van der Waals surface area contributed by atoms with Gasteiger partial charge in [-0.05, 0) is 18.1 Å². The first-order valence-corrected chi connectivity index (χ1v) is 9.20. The number of aromatic nitrogens is 1. The van der Waals surface area contributed by atoms with Crippen LogP contribution in [0.5, 0.6) is 0 Å². The molecule has 1 aromatic carbocycles. The summed E-state index contributed by atoms with van der Waals surface area (Å²) >= 11 is 0. The van der Waals surface area contributed by atoms with Crippen molar-refractivity contribution in [2.75, 3.05) is 39.4 Å². The van der Waals surface area contributed by atoms with Crippen LogP contribution in [0.25, 0.3) is 10.9 Å². The lowest BCUT2D eigenvalue weighted by Gasteiger charge is -2.28. The highest BCUT2D eigenvalue weighted by atomic mass is 16.5. The lowest BCUT2D eigenvalue weighted by Crippen LogP contribution is -2.44. The number of aliphatic hydroxyl groups is 1. The van der Waals surface area contributed by atoms with E-state index in [-0.39, 0.29) is 18.4 Å². The molecule has 1 amide bonds. The molecular weight excluding hydrogens is 330 g/mol. The van der Waals surface area contributed by atoms with Crippen LogP contribution in [0.15, 0.2) is 30.3 Å². The number of para-hydroxylation sites is 1. The number of hydrogen-bond acceptors (Lipinski definition) is 5. The first-order valence-electron chi connectivity index (χ1n) is 9.20. The monoisotopic (exact) mass is 357 g/mol. The molecule has 6 nitrogen and oxygen atoms in total. The molecule has 6 heteroatoms. The Labute approximate surface area is 154 Å². The summed E-state index contributed by atoms with van der Waals surface area (Å²) < 4.78 is 5.31. The van der Waals surface area contributed by atoms with E-state index in [2.05, 4.69) is 29.0 Å². The fourth-order valence-electron chi connectivity index (χ4n) is 3.13. The zero-order valence-corrected chi connectivity index (χ0v) is 15.4. The summed E-state index contributed by atoms with van der Waals surface area (Å²) in [4.78, 5) is 19.5. The molecule has 1 fully saturated rings. The van der Waals surface area contributed by atoms with E-state index in [9.17, 15) is 9.90 Å². The summed E-state index contributed by atoms with van der Waals surface area (Å²) in [6.07, 6.45) is -0.602. The number of carbonyl (C=O) groups excluding carboxylic acids is 1. The lowest BCUT2D eigenvalue weighted by atomic mass is 10.0. The molecule has 0 saturated carbocycles. The minimum absolute atomic E-state index is 0.175. The van der Waals surface area contributed by atoms with E-state index < -0.39 is 6.10 Å². The van der Waals surface area contributed by atoms with Crippen LogP contribution in [0.1, 0.15) is 35.8 Å². The predicted molar refractivity (Wildman–Crippen MR) is 101 cm³/mol. The van der Waals surface area contributed by atoms with Gasteiger partial charge in [0, 0.05) is 37.3 Å². The topological polar surface area (TPSA) is 74.7 Å². The predicted octanol–water partition coefficient (Wildman–Crippen LogP) is 1.78. The summed E-state index contributed by atoms with van der Waals surface area (Å²) in [5, 5.41) is 13.9. The van der Waals surface area contributed by atoms with Gasteiger partial charge in [0.2, 0.25) is 0 Å². The number of rotatable bonds is 6. The third kappa shape index (κ3) is 4.58. The van der Waals surface area contributed by atoms with Gasteiger partial charge in [0.15, 0.2) is 0 Å². The quantitative estimate of drug-likeness (QED) is 0.824. The van der Waals surface area contributed by atoms with E-state index in [1.807, 2.05) is 30.3 Å². The maximum atomic E-state index is 12.7. The molecular formula is C20H27N3O3. The van der Waals surface area contributed by atoms with Crippen LogP contribution in [0.3, 0.4) is 0 Å². The molecule has 140 valence electrons. The number of carbonyl (C=O) groups is 1. The Morgan fingerprint density at radius 3 is 2.77 bits per heavy atom. The fourth-order valence-corrected chi connectivity index (χ4v) is 3.13. The second-order valence-corrected chi connectivity index (χ2v) is 7.04. The molecule has 2 N–H and O–H groups in total. The van der Waals surface area contributed by atoms with Crippen molar-refractivity contribution in [3.63, 3.8) is 0 Å². The number of aliphatic hydroxyl groups excluding tert-OH is 1. The van der Waals surface area contributed by atoms with Gasteiger partial charge in [-0.2, -0.15) is 0 Å².